The quantitative estimate of drug-likeness (QED) is 0.341. The second-order valence-corrected chi connectivity index (χ2v) is 9.88. The number of imide groups is 1. The van der Waals surface area contributed by atoms with Gasteiger partial charge in [-0.15, -0.1) is 0 Å². The summed E-state index contributed by atoms with van der Waals surface area (Å²) >= 11 is 0. The second kappa shape index (κ2) is 10.5. The van der Waals surface area contributed by atoms with Crippen LogP contribution in [0, 0.1) is 5.82 Å². The lowest BCUT2D eigenvalue weighted by molar-refractivity contribution is 0.0526. The van der Waals surface area contributed by atoms with Gasteiger partial charge in [0, 0.05) is 25.0 Å². The maximum Gasteiger partial charge on any atom is 0.338 e. The van der Waals surface area contributed by atoms with Gasteiger partial charge < -0.3 is 10.1 Å². The highest BCUT2D eigenvalue weighted by Gasteiger charge is 2.40. The first-order valence-corrected chi connectivity index (χ1v) is 13.0. The molecule has 2 aliphatic rings. The van der Waals surface area contributed by atoms with E-state index in [0.29, 0.717) is 46.0 Å². The monoisotopic (exact) mass is 518 g/mol. The number of ether oxygens (including phenoxy) is 1. The van der Waals surface area contributed by atoms with Gasteiger partial charge in [-0.2, -0.15) is 0 Å². The van der Waals surface area contributed by atoms with Crippen LogP contribution in [-0.4, -0.2) is 54.4 Å². The van der Waals surface area contributed by atoms with Crippen LogP contribution in [0.15, 0.2) is 36.4 Å². The Balaban J connectivity index is 1.57. The zero-order valence-electron chi connectivity index (χ0n) is 21.8. The lowest BCUT2D eigenvalue weighted by atomic mass is 9.94. The topological polar surface area (TPSA) is 91.8 Å². The van der Waals surface area contributed by atoms with Crippen LogP contribution in [0.5, 0.6) is 0 Å². The maximum atomic E-state index is 14.2. The number of hydrogen-bond acceptors (Lipinski definition) is 7. The van der Waals surface area contributed by atoms with Gasteiger partial charge in [0.05, 0.1) is 34.6 Å². The molecule has 0 atom stereocenters. The zero-order valence-corrected chi connectivity index (χ0v) is 21.8. The van der Waals surface area contributed by atoms with E-state index >= 15 is 0 Å². The van der Waals surface area contributed by atoms with Gasteiger partial charge in [0.15, 0.2) is 0 Å². The normalized spacial score (nSPS) is 15.9. The van der Waals surface area contributed by atoms with Crippen molar-refractivity contribution in [1.29, 1.82) is 0 Å². The number of hydrogen-bond donors (Lipinski definition) is 1. The number of benzene rings is 2. The molecule has 3 aromatic rings. The maximum absolute atomic E-state index is 14.2. The van der Waals surface area contributed by atoms with E-state index in [-0.39, 0.29) is 17.9 Å². The average molecular weight is 519 g/mol. The highest BCUT2D eigenvalue weighted by molar-refractivity contribution is 6.34. The first-order valence-electron chi connectivity index (χ1n) is 13.0. The third kappa shape index (κ3) is 4.62. The fourth-order valence-corrected chi connectivity index (χ4v) is 5.50. The molecule has 1 aliphatic heterocycles. The molecule has 0 saturated heterocycles. The van der Waals surface area contributed by atoms with Crippen LogP contribution in [0.2, 0.25) is 0 Å². The summed E-state index contributed by atoms with van der Waals surface area (Å²) in [5.41, 5.74) is 2.41. The predicted octanol–water partition coefficient (Wildman–Crippen LogP) is 5.16. The minimum Gasteiger partial charge on any atom is -0.462 e. The van der Waals surface area contributed by atoms with Gasteiger partial charge in [0.2, 0.25) is 0 Å². The first kappa shape index (κ1) is 25.8. The van der Waals surface area contributed by atoms with Gasteiger partial charge in [0.1, 0.15) is 11.5 Å². The van der Waals surface area contributed by atoms with E-state index in [1.165, 1.54) is 24.6 Å². The van der Waals surface area contributed by atoms with Crippen LogP contribution in [0.1, 0.15) is 75.8 Å². The fraction of sp³-hybridized carbons (Fsp3) is 0.379. The molecule has 1 saturated carbocycles. The summed E-state index contributed by atoms with van der Waals surface area (Å²) in [5, 5.41) is 3.32. The van der Waals surface area contributed by atoms with Gasteiger partial charge in [-0.25, -0.2) is 19.1 Å². The minimum absolute atomic E-state index is 0.0201. The van der Waals surface area contributed by atoms with Crippen molar-refractivity contribution < 1.29 is 23.5 Å². The van der Waals surface area contributed by atoms with E-state index in [1.807, 2.05) is 7.05 Å². The molecule has 2 aromatic carbocycles. The Morgan fingerprint density at radius 3 is 2.61 bits per heavy atom. The van der Waals surface area contributed by atoms with Crippen molar-refractivity contribution in [2.75, 3.05) is 30.9 Å². The molecule has 2 heterocycles. The SMILES string of the molecule is CCOC(=O)c1ccc(N2C(=O)c3cc4cc(F)cc(NC)c4nc3C2=O)c(CN(C)C2CCCCC2)c1. The molecular weight excluding hydrogens is 487 g/mol. The van der Waals surface area contributed by atoms with Crippen molar-refractivity contribution in [3.05, 3.63) is 64.6 Å². The highest BCUT2D eigenvalue weighted by atomic mass is 19.1. The standard InChI is InChI=1S/C29H31FN4O4/c1-4-38-29(37)17-10-11-24(19(12-17)16-33(3)21-8-6-5-7-9-21)34-27(35)22-14-18-13-20(30)15-23(31-2)25(18)32-26(22)28(34)36/h10-15,21,31H,4-9,16H2,1-3H3. The molecular formula is C29H31FN4O4. The van der Waals surface area contributed by atoms with Crippen molar-refractivity contribution in [1.82, 2.24) is 9.88 Å². The molecule has 5 rings (SSSR count). The number of fused-ring (bicyclic) bond motifs is 2. The molecule has 1 aliphatic carbocycles. The van der Waals surface area contributed by atoms with Gasteiger partial charge in [-0.1, -0.05) is 19.3 Å². The lowest BCUT2D eigenvalue weighted by Crippen LogP contribution is -2.35. The van der Waals surface area contributed by atoms with Gasteiger partial charge in [-0.05, 0) is 68.8 Å². The lowest BCUT2D eigenvalue weighted by Gasteiger charge is -2.32. The molecule has 1 N–H and O–H groups in total. The molecule has 1 fully saturated rings. The average Bonchev–Trinajstić information content (AvgIpc) is 3.16. The molecule has 198 valence electrons. The molecule has 2 amide bonds. The number of rotatable bonds is 7. The third-order valence-corrected chi connectivity index (χ3v) is 7.44. The molecule has 0 unspecified atom stereocenters. The van der Waals surface area contributed by atoms with Crippen LogP contribution in [0.4, 0.5) is 15.8 Å². The number of nitrogens with one attached hydrogen (secondary N) is 1. The molecule has 8 nitrogen and oxygen atoms in total. The van der Waals surface area contributed by atoms with Crippen molar-refractivity contribution >= 4 is 40.1 Å². The summed E-state index contributed by atoms with van der Waals surface area (Å²) in [6.45, 7) is 2.43. The number of anilines is 2. The number of aromatic nitrogens is 1. The van der Waals surface area contributed by atoms with Crippen molar-refractivity contribution in [2.45, 2.75) is 51.6 Å². The fourth-order valence-electron chi connectivity index (χ4n) is 5.50. The summed E-state index contributed by atoms with van der Waals surface area (Å²) in [6, 6.07) is 9.38. The number of amides is 2. The van der Waals surface area contributed by atoms with E-state index in [2.05, 4.69) is 15.2 Å². The smallest absolute Gasteiger partial charge is 0.338 e. The van der Waals surface area contributed by atoms with E-state index in [9.17, 15) is 18.8 Å². The summed E-state index contributed by atoms with van der Waals surface area (Å²) in [4.78, 5) is 47.6. The highest BCUT2D eigenvalue weighted by Crippen LogP contribution is 2.35. The molecule has 0 bridgehead atoms. The Kier molecular flexibility index (Phi) is 7.12. The van der Waals surface area contributed by atoms with Crippen LogP contribution < -0.4 is 10.2 Å². The predicted molar refractivity (Wildman–Crippen MR) is 143 cm³/mol. The number of nitrogens with zero attached hydrogens (tertiary/aromatic N) is 3. The summed E-state index contributed by atoms with van der Waals surface area (Å²) < 4.78 is 19.4. The van der Waals surface area contributed by atoms with Crippen molar-refractivity contribution in [2.24, 2.45) is 0 Å². The zero-order chi connectivity index (χ0) is 27.0. The van der Waals surface area contributed by atoms with Crippen LogP contribution in [0.25, 0.3) is 10.9 Å². The third-order valence-electron chi connectivity index (χ3n) is 7.44. The molecule has 1 aromatic heterocycles. The Morgan fingerprint density at radius 2 is 1.89 bits per heavy atom. The summed E-state index contributed by atoms with van der Waals surface area (Å²) in [7, 11) is 3.67. The molecule has 0 spiro atoms. The second-order valence-electron chi connectivity index (χ2n) is 9.88. The van der Waals surface area contributed by atoms with Crippen LogP contribution in [0.3, 0.4) is 0 Å². The number of carbonyl (C=O) groups excluding carboxylic acids is 3. The molecule has 9 heteroatoms. The van der Waals surface area contributed by atoms with Gasteiger partial charge in [-0.3, -0.25) is 14.5 Å². The Hall–Kier alpha value is -3.85. The summed E-state index contributed by atoms with van der Waals surface area (Å²) in [6.07, 6.45) is 5.72. The van der Waals surface area contributed by atoms with E-state index in [1.54, 1.807) is 32.2 Å². The Morgan fingerprint density at radius 1 is 1.13 bits per heavy atom. The van der Waals surface area contributed by atoms with E-state index < -0.39 is 23.6 Å². The van der Waals surface area contributed by atoms with Gasteiger partial charge >= 0.3 is 5.97 Å². The number of pyridine rings is 1. The van der Waals surface area contributed by atoms with Crippen molar-refractivity contribution in [3.63, 3.8) is 0 Å². The van der Waals surface area contributed by atoms with E-state index in [0.717, 1.165) is 30.6 Å². The molecule has 0 radical (unpaired) electrons. The van der Waals surface area contributed by atoms with Crippen LogP contribution >= 0.6 is 0 Å². The minimum atomic E-state index is -0.552. The van der Waals surface area contributed by atoms with E-state index in [4.69, 9.17) is 4.74 Å². The largest absolute Gasteiger partial charge is 0.462 e. The Labute approximate surface area is 220 Å². The van der Waals surface area contributed by atoms with Gasteiger partial charge in [0.25, 0.3) is 11.8 Å². The van der Waals surface area contributed by atoms with Crippen LogP contribution in [-0.2, 0) is 11.3 Å². The number of esters is 1. The number of carbonyl (C=O) groups is 3. The molecule has 38 heavy (non-hydrogen) atoms. The first-order chi connectivity index (χ1) is 18.3. The Bertz CT molecular complexity index is 1430. The summed E-state index contributed by atoms with van der Waals surface area (Å²) in [5.74, 6) is -2.01. The van der Waals surface area contributed by atoms with Crippen molar-refractivity contribution in [3.8, 4) is 0 Å². The number of halogens is 1.